The molecule has 1 N–H and O–H groups in total. The Morgan fingerprint density at radius 1 is 1.29 bits per heavy atom. The summed E-state index contributed by atoms with van der Waals surface area (Å²) in [6.45, 7) is 1.64. The summed E-state index contributed by atoms with van der Waals surface area (Å²) in [6, 6.07) is 9.49. The molecule has 0 aliphatic carbocycles. The summed E-state index contributed by atoms with van der Waals surface area (Å²) in [7, 11) is 1.77. The van der Waals surface area contributed by atoms with E-state index in [1.807, 2.05) is 35.3 Å². The maximum atomic E-state index is 12.0. The van der Waals surface area contributed by atoms with Crippen molar-refractivity contribution in [2.75, 3.05) is 25.0 Å². The van der Waals surface area contributed by atoms with E-state index in [0.717, 1.165) is 25.2 Å². The molecule has 0 saturated heterocycles. The predicted molar refractivity (Wildman–Crippen MR) is 68.7 cm³/mol. The van der Waals surface area contributed by atoms with Crippen LogP contribution in [0.4, 0.5) is 10.5 Å². The molecule has 2 rings (SSSR count). The molecule has 0 aromatic heterocycles. The Balaban J connectivity index is 1.93. The summed E-state index contributed by atoms with van der Waals surface area (Å²) in [5, 5.41) is 1.92. The SMILES string of the molecule is CN(C(=O)NN1CC=CCC1)c1ccccc1. The normalized spacial score (nSPS) is 15.6. The number of benzene rings is 1. The number of nitrogens with one attached hydrogen (secondary N) is 1. The lowest BCUT2D eigenvalue weighted by molar-refractivity contribution is 0.191. The number of nitrogens with zero attached hydrogens (tertiary/aromatic N) is 2. The third kappa shape index (κ3) is 3.07. The second-order valence-corrected chi connectivity index (χ2v) is 4.02. The van der Waals surface area contributed by atoms with Crippen molar-refractivity contribution in [1.29, 1.82) is 0 Å². The number of amides is 2. The lowest BCUT2D eigenvalue weighted by atomic mass is 10.3. The Kier molecular flexibility index (Phi) is 3.77. The van der Waals surface area contributed by atoms with Gasteiger partial charge < -0.3 is 0 Å². The van der Waals surface area contributed by atoms with Crippen molar-refractivity contribution >= 4 is 11.7 Å². The Hall–Kier alpha value is -1.81. The maximum absolute atomic E-state index is 12.0. The van der Waals surface area contributed by atoms with Crippen LogP contribution >= 0.6 is 0 Å². The van der Waals surface area contributed by atoms with Gasteiger partial charge in [-0.15, -0.1) is 0 Å². The molecule has 0 fully saturated rings. The molecule has 0 unspecified atom stereocenters. The summed E-state index contributed by atoms with van der Waals surface area (Å²) in [5.41, 5.74) is 3.77. The van der Waals surface area contributed by atoms with Crippen LogP contribution in [0.2, 0.25) is 0 Å². The standard InChI is InChI=1S/C13H17N3O/c1-15(12-8-4-2-5-9-12)13(17)14-16-10-6-3-7-11-16/h2-6,8-9H,7,10-11H2,1H3,(H,14,17). The summed E-state index contributed by atoms with van der Waals surface area (Å²) in [5.74, 6) is 0. The quantitative estimate of drug-likeness (QED) is 0.790. The van der Waals surface area contributed by atoms with Gasteiger partial charge in [0, 0.05) is 25.8 Å². The molecule has 1 aromatic rings. The highest BCUT2D eigenvalue weighted by Gasteiger charge is 2.14. The number of carbonyl (C=O) groups excluding carboxylic acids is 1. The van der Waals surface area contributed by atoms with Gasteiger partial charge in [-0.1, -0.05) is 30.4 Å². The van der Waals surface area contributed by atoms with E-state index >= 15 is 0 Å². The van der Waals surface area contributed by atoms with Crippen molar-refractivity contribution < 1.29 is 4.79 Å². The summed E-state index contributed by atoms with van der Waals surface area (Å²) in [4.78, 5) is 13.6. The van der Waals surface area contributed by atoms with Crippen LogP contribution in [0.5, 0.6) is 0 Å². The highest BCUT2D eigenvalue weighted by atomic mass is 16.2. The minimum atomic E-state index is -0.105. The lowest BCUT2D eigenvalue weighted by Crippen LogP contribution is -2.49. The zero-order valence-corrected chi connectivity index (χ0v) is 9.97. The first kappa shape index (κ1) is 11.7. The van der Waals surface area contributed by atoms with E-state index in [4.69, 9.17) is 0 Å². The fourth-order valence-electron chi connectivity index (χ4n) is 1.72. The van der Waals surface area contributed by atoms with Crippen LogP contribution in [-0.2, 0) is 0 Å². The number of hydrogen-bond acceptors (Lipinski definition) is 2. The molecule has 90 valence electrons. The Labute approximate surface area is 101 Å². The monoisotopic (exact) mass is 231 g/mol. The zero-order valence-electron chi connectivity index (χ0n) is 9.97. The number of hydrazine groups is 1. The maximum Gasteiger partial charge on any atom is 0.336 e. The molecule has 1 heterocycles. The largest absolute Gasteiger partial charge is 0.336 e. The van der Waals surface area contributed by atoms with Gasteiger partial charge in [0.25, 0.3) is 0 Å². The average molecular weight is 231 g/mol. The molecule has 17 heavy (non-hydrogen) atoms. The summed E-state index contributed by atoms with van der Waals surface area (Å²) >= 11 is 0. The highest BCUT2D eigenvalue weighted by Crippen LogP contribution is 2.11. The molecule has 4 heteroatoms. The summed E-state index contributed by atoms with van der Waals surface area (Å²) < 4.78 is 0. The topological polar surface area (TPSA) is 35.6 Å². The molecule has 0 bridgehead atoms. The van der Waals surface area contributed by atoms with E-state index in [2.05, 4.69) is 17.6 Å². The van der Waals surface area contributed by atoms with Gasteiger partial charge in [0.05, 0.1) is 0 Å². The number of anilines is 1. The Bertz CT molecular complexity index is 402. The zero-order chi connectivity index (χ0) is 12.1. The van der Waals surface area contributed by atoms with E-state index in [-0.39, 0.29) is 6.03 Å². The number of hydrogen-bond donors (Lipinski definition) is 1. The van der Waals surface area contributed by atoms with Crippen molar-refractivity contribution in [3.8, 4) is 0 Å². The lowest BCUT2D eigenvalue weighted by Gasteiger charge is -2.27. The number of urea groups is 1. The van der Waals surface area contributed by atoms with Crippen LogP contribution in [0, 0.1) is 0 Å². The van der Waals surface area contributed by atoms with Gasteiger partial charge in [-0.05, 0) is 18.6 Å². The second kappa shape index (κ2) is 5.50. The average Bonchev–Trinajstić information content (AvgIpc) is 2.40. The Morgan fingerprint density at radius 2 is 2.06 bits per heavy atom. The predicted octanol–water partition coefficient (Wildman–Crippen LogP) is 2.01. The van der Waals surface area contributed by atoms with E-state index in [1.165, 1.54) is 0 Å². The second-order valence-electron chi connectivity index (χ2n) is 4.02. The Morgan fingerprint density at radius 3 is 2.71 bits per heavy atom. The van der Waals surface area contributed by atoms with Gasteiger partial charge >= 0.3 is 6.03 Å². The molecule has 0 saturated carbocycles. The van der Waals surface area contributed by atoms with Crippen LogP contribution in [0.25, 0.3) is 0 Å². The van der Waals surface area contributed by atoms with Gasteiger partial charge in [-0.25, -0.2) is 9.80 Å². The van der Waals surface area contributed by atoms with Crippen LogP contribution < -0.4 is 10.3 Å². The van der Waals surface area contributed by atoms with Crippen molar-refractivity contribution in [3.63, 3.8) is 0 Å². The molecule has 1 aliphatic heterocycles. The van der Waals surface area contributed by atoms with Crippen LogP contribution in [-0.4, -0.2) is 31.2 Å². The van der Waals surface area contributed by atoms with Crippen molar-refractivity contribution in [2.24, 2.45) is 0 Å². The van der Waals surface area contributed by atoms with Gasteiger partial charge in [-0.2, -0.15) is 0 Å². The molecular formula is C13H17N3O. The minimum Gasteiger partial charge on any atom is -0.296 e. The van der Waals surface area contributed by atoms with Crippen molar-refractivity contribution in [3.05, 3.63) is 42.5 Å². The number of carbonyl (C=O) groups is 1. The first-order valence-electron chi connectivity index (χ1n) is 5.77. The third-order valence-electron chi connectivity index (χ3n) is 2.76. The summed E-state index contributed by atoms with van der Waals surface area (Å²) in [6.07, 6.45) is 5.17. The number of para-hydroxylation sites is 1. The van der Waals surface area contributed by atoms with Crippen molar-refractivity contribution in [2.45, 2.75) is 6.42 Å². The fourth-order valence-corrected chi connectivity index (χ4v) is 1.72. The van der Waals surface area contributed by atoms with E-state index in [9.17, 15) is 4.79 Å². The molecule has 4 nitrogen and oxygen atoms in total. The molecular weight excluding hydrogens is 214 g/mol. The molecule has 2 amide bonds. The van der Waals surface area contributed by atoms with Gasteiger partial charge in [0.15, 0.2) is 0 Å². The van der Waals surface area contributed by atoms with E-state index < -0.39 is 0 Å². The smallest absolute Gasteiger partial charge is 0.296 e. The molecule has 0 spiro atoms. The molecule has 0 atom stereocenters. The fraction of sp³-hybridized carbons (Fsp3) is 0.308. The van der Waals surface area contributed by atoms with Crippen molar-refractivity contribution in [1.82, 2.24) is 10.4 Å². The molecule has 1 aromatic carbocycles. The number of rotatable bonds is 2. The van der Waals surface area contributed by atoms with Gasteiger partial charge in [0.2, 0.25) is 0 Å². The van der Waals surface area contributed by atoms with Gasteiger partial charge in [0.1, 0.15) is 0 Å². The highest BCUT2D eigenvalue weighted by molar-refractivity contribution is 5.90. The first-order chi connectivity index (χ1) is 8.27. The molecule has 1 aliphatic rings. The van der Waals surface area contributed by atoms with Crippen LogP contribution in [0.15, 0.2) is 42.5 Å². The van der Waals surface area contributed by atoms with Crippen LogP contribution in [0.3, 0.4) is 0 Å². The first-order valence-corrected chi connectivity index (χ1v) is 5.77. The molecule has 0 radical (unpaired) electrons. The minimum absolute atomic E-state index is 0.105. The van der Waals surface area contributed by atoms with E-state index in [1.54, 1.807) is 11.9 Å². The van der Waals surface area contributed by atoms with Crippen LogP contribution in [0.1, 0.15) is 6.42 Å². The van der Waals surface area contributed by atoms with E-state index in [0.29, 0.717) is 0 Å². The van der Waals surface area contributed by atoms with Gasteiger partial charge in [-0.3, -0.25) is 10.3 Å². The third-order valence-corrected chi connectivity index (χ3v) is 2.76.